The van der Waals surface area contributed by atoms with Crippen LogP contribution in [0, 0.1) is 6.92 Å². The maximum Gasteiger partial charge on any atom is 0.248 e. The number of nitrogens with zero attached hydrogens (tertiary/aromatic N) is 1. The van der Waals surface area contributed by atoms with E-state index >= 15 is 0 Å². The van der Waals surface area contributed by atoms with Crippen molar-refractivity contribution in [3.63, 3.8) is 0 Å². The fourth-order valence-corrected chi connectivity index (χ4v) is 2.87. The summed E-state index contributed by atoms with van der Waals surface area (Å²) < 4.78 is 1.12. The van der Waals surface area contributed by atoms with Gasteiger partial charge in [0.1, 0.15) is 5.01 Å². The average molecular weight is 294 g/mol. The zero-order chi connectivity index (χ0) is 14.7. The van der Waals surface area contributed by atoms with E-state index in [1.165, 1.54) is 6.08 Å². The monoisotopic (exact) mass is 294 g/mol. The number of nitrogens with one attached hydrogen (secondary N) is 1. The number of thiazole rings is 1. The summed E-state index contributed by atoms with van der Waals surface area (Å²) in [7, 11) is 0. The van der Waals surface area contributed by atoms with Crippen molar-refractivity contribution in [1.82, 2.24) is 4.98 Å². The van der Waals surface area contributed by atoms with Crippen molar-refractivity contribution in [3.05, 3.63) is 65.2 Å². The molecule has 0 unspecified atom stereocenters. The second kappa shape index (κ2) is 5.89. The second-order valence-corrected chi connectivity index (χ2v) is 5.72. The number of benzene rings is 2. The van der Waals surface area contributed by atoms with E-state index in [1.807, 2.05) is 55.5 Å². The lowest BCUT2D eigenvalue weighted by Gasteiger charge is -2.04. The van der Waals surface area contributed by atoms with E-state index < -0.39 is 0 Å². The number of amides is 1. The summed E-state index contributed by atoms with van der Waals surface area (Å²) in [6.45, 7) is 1.97. The number of aromatic nitrogens is 1. The second-order valence-electron chi connectivity index (χ2n) is 4.66. The molecule has 0 radical (unpaired) electrons. The molecule has 0 spiro atoms. The van der Waals surface area contributed by atoms with Crippen molar-refractivity contribution in [2.45, 2.75) is 6.92 Å². The van der Waals surface area contributed by atoms with Gasteiger partial charge in [0.25, 0.3) is 0 Å². The van der Waals surface area contributed by atoms with Crippen molar-refractivity contribution < 1.29 is 4.79 Å². The van der Waals surface area contributed by atoms with Crippen LogP contribution in [0.4, 0.5) is 5.69 Å². The smallest absolute Gasteiger partial charge is 0.248 e. The molecule has 1 amide bonds. The van der Waals surface area contributed by atoms with E-state index in [0.717, 1.165) is 26.5 Å². The number of fused-ring (bicyclic) bond motifs is 1. The predicted molar refractivity (Wildman–Crippen MR) is 88.5 cm³/mol. The van der Waals surface area contributed by atoms with Gasteiger partial charge in [-0.1, -0.05) is 30.3 Å². The standard InChI is InChI=1S/C17H14N2OS/c1-12-6-2-3-7-13(12)18-16(20)10-11-17-19-14-8-4-5-9-15(14)21-17/h2-11H,1H3,(H,18,20). The first-order valence-electron chi connectivity index (χ1n) is 6.62. The lowest BCUT2D eigenvalue weighted by atomic mass is 10.2. The van der Waals surface area contributed by atoms with Gasteiger partial charge in [-0.3, -0.25) is 4.79 Å². The number of hydrogen-bond donors (Lipinski definition) is 1. The third-order valence-corrected chi connectivity index (χ3v) is 4.09. The van der Waals surface area contributed by atoms with E-state index in [9.17, 15) is 4.79 Å². The third kappa shape index (κ3) is 3.17. The van der Waals surface area contributed by atoms with Gasteiger partial charge in [-0.25, -0.2) is 4.98 Å². The Morgan fingerprint density at radius 2 is 1.90 bits per heavy atom. The molecule has 0 saturated heterocycles. The molecular formula is C17H14N2OS. The van der Waals surface area contributed by atoms with Crippen molar-refractivity contribution >= 4 is 39.2 Å². The molecular weight excluding hydrogens is 280 g/mol. The molecule has 1 aromatic heterocycles. The number of carbonyl (C=O) groups is 1. The molecule has 1 N–H and O–H groups in total. The summed E-state index contributed by atoms with van der Waals surface area (Å²) in [6.07, 6.45) is 3.27. The lowest BCUT2D eigenvalue weighted by molar-refractivity contribution is -0.111. The van der Waals surface area contributed by atoms with Gasteiger partial charge in [0, 0.05) is 11.8 Å². The van der Waals surface area contributed by atoms with Crippen LogP contribution in [0.1, 0.15) is 10.6 Å². The van der Waals surface area contributed by atoms with E-state index in [4.69, 9.17) is 0 Å². The van der Waals surface area contributed by atoms with Crippen molar-refractivity contribution in [2.75, 3.05) is 5.32 Å². The molecule has 2 aromatic carbocycles. The highest BCUT2D eigenvalue weighted by atomic mass is 32.1. The van der Waals surface area contributed by atoms with Gasteiger partial charge < -0.3 is 5.32 Å². The summed E-state index contributed by atoms with van der Waals surface area (Å²) in [5, 5.41) is 3.70. The first-order valence-corrected chi connectivity index (χ1v) is 7.44. The van der Waals surface area contributed by atoms with E-state index in [0.29, 0.717) is 0 Å². The van der Waals surface area contributed by atoms with Crippen molar-refractivity contribution in [3.8, 4) is 0 Å². The molecule has 0 aliphatic rings. The molecule has 21 heavy (non-hydrogen) atoms. The molecule has 0 atom stereocenters. The Bertz CT molecular complexity index is 787. The number of para-hydroxylation sites is 2. The Morgan fingerprint density at radius 3 is 2.71 bits per heavy atom. The molecule has 4 heteroatoms. The van der Waals surface area contributed by atoms with Gasteiger partial charge in [0.15, 0.2) is 0 Å². The molecule has 0 aliphatic heterocycles. The summed E-state index contributed by atoms with van der Waals surface area (Å²) in [5.41, 5.74) is 2.83. The van der Waals surface area contributed by atoms with Crippen LogP contribution in [0.15, 0.2) is 54.6 Å². The van der Waals surface area contributed by atoms with Crippen LogP contribution < -0.4 is 5.32 Å². The van der Waals surface area contributed by atoms with E-state index in [1.54, 1.807) is 17.4 Å². The molecule has 0 bridgehead atoms. The topological polar surface area (TPSA) is 42.0 Å². The quantitative estimate of drug-likeness (QED) is 0.733. The third-order valence-electron chi connectivity index (χ3n) is 3.09. The predicted octanol–water partition coefficient (Wildman–Crippen LogP) is 4.26. The molecule has 3 aromatic rings. The summed E-state index contributed by atoms with van der Waals surface area (Å²) >= 11 is 1.57. The lowest BCUT2D eigenvalue weighted by Crippen LogP contribution is -2.08. The van der Waals surface area contributed by atoms with Gasteiger partial charge in [-0.2, -0.15) is 0 Å². The zero-order valence-corrected chi connectivity index (χ0v) is 12.4. The Balaban J connectivity index is 1.73. The van der Waals surface area contributed by atoms with Crippen LogP contribution in [-0.4, -0.2) is 10.9 Å². The molecule has 0 fully saturated rings. The maximum atomic E-state index is 11.9. The zero-order valence-electron chi connectivity index (χ0n) is 11.5. The van der Waals surface area contributed by atoms with Crippen molar-refractivity contribution in [1.29, 1.82) is 0 Å². The summed E-state index contributed by atoms with van der Waals surface area (Å²) in [6, 6.07) is 15.6. The summed E-state index contributed by atoms with van der Waals surface area (Å²) in [5.74, 6) is -0.149. The molecule has 3 rings (SSSR count). The fourth-order valence-electron chi connectivity index (χ4n) is 2.00. The normalized spacial score (nSPS) is 11.1. The molecule has 0 saturated carbocycles. The first kappa shape index (κ1) is 13.5. The van der Waals surface area contributed by atoms with Gasteiger partial charge in [0.05, 0.1) is 10.2 Å². The molecule has 1 heterocycles. The SMILES string of the molecule is Cc1ccccc1NC(=O)C=Cc1nc2ccccc2s1. The van der Waals surface area contributed by atoms with Crippen LogP contribution in [0.2, 0.25) is 0 Å². The van der Waals surface area contributed by atoms with Gasteiger partial charge in [-0.05, 0) is 36.8 Å². The van der Waals surface area contributed by atoms with Crippen molar-refractivity contribution in [2.24, 2.45) is 0 Å². The molecule has 0 aliphatic carbocycles. The minimum atomic E-state index is -0.149. The fraction of sp³-hybridized carbons (Fsp3) is 0.0588. The van der Waals surface area contributed by atoms with E-state index in [-0.39, 0.29) is 5.91 Å². The van der Waals surface area contributed by atoms with Gasteiger partial charge in [0.2, 0.25) is 5.91 Å². The Labute approximate surface area is 127 Å². The number of rotatable bonds is 3. The van der Waals surface area contributed by atoms with Crippen LogP contribution in [0.5, 0.6) is 0 Å². The van der Waals surface area contributed by atoms with Gasteiger partial charge in [-0.15, -0.1) is 11.3 Å². The number of aryl methyl sites for hydroxylation is 1. The molecule has 104 valence electrons. The highest BCUT2D eigenvalue weighted by Crippen LogP contribution is 2.22. The van der Waals surface area contributed by atoms with E-state index in [2.05, 4.69) is 10.3 Å². The summed E-state index contributed by atoms with van der Waals surface area (Å²) in [4.78, 5) is 16.4. The highest BCUT2D eigenvalue weighted by molar-refractivity contribution is 7.19. The Hall–Kier alpha value is -2.46. The minimum Gasteiger partial charge on any atom is -0.322 e. The number of anilines is 1. The van der Waals surface area contributed by atoms with Crippen LogP contribution in [-0.2, 0) is 4.79 Å². The molecule has 3 nitrogen and oxygen atoms in total. The maximum absolute atomic E-state index is 11.9. The largest absolute Gasteiger partial charge is 0.322 e. The van der Waals surface area contributed by atoms with Crippen LogP contribution in [0.25, 0.3) is 16.3 Å². The Morgan fingerprint density at radius 1 is 1.14 bits per heavy atom. The Kier molecular flexibility index (Phi) is 3.79. The van der Waals surface area contributed by atoms with Crippen LogP contribution >= 0.6 is 11.3 Å². The number of carbonyl (C=O) groups excluding carboxylic acids is 1. The first-order chi connectivity index (χ1) is 10.2. The average Bonchev–Trinajstić information content (AvgIpc) is 2.90. The minimum absolute atomic E-state index is 0.149. The van der Waals surface area contributed by atoms with Crippen LogP contribution in [0.3, 0.4) is 0 Å². The number of hydrogen-bond acceptors (Lipinski definition) is 3. The van der Waals surface area contributed by atoms with Gasteiger partial charge >= 0.3 is 0 Å². The highest BCUT2D eigenvalue weighted by Gasteiger charge is 2.02.